The van der Waals surface area contributed by atoms with Crippen molar-refractivity contribution in [2.75, 3.05) is 0 Å². The lowest BCUT2D eigenvalue weighted by Gasteiger charge is -1.86. The largest absolute Gasteiger partial charge is 0.0836 e. The molecule has 0 aliphatic heterocycles. The Kier molecular flexibility index (Phi) is 2.14. The number of hydrogen-bond acceptors (Lipinski definition) is 0. The van der Waals surface area contributed by atoms with Crippen molar-refractivity contribution in [2.24, 2.45) is 0 Å². The zero-order valence-electron chi connectivity index (χ0n) is 3.99. The van der Waals surface area contributed by atoms with Crippen LogP contribution in [-0.2, 0) is 0 Å². The highest BCUT2D eigenvalue weighted by Crippen LogP contribution is 2.10. The Morgan fingerprint density at radius 3 is 2.62 bits per heavy atom. The van der Waals surface area contributed by atoms with Crippen molar-refractivity contribution in [2.45, 2.75) is 0 Å². The van der Waals surface area contributed by atoms with Crippen LogP contribution in [0, 0.1) is 9.64 Å². The van der Waals surface area contributed by atoms with Gasteiger partial charge in [0.05, 0.1) is 0 Å². The Morgan fingerprint density at radius 1 is 1.50 bits per heavy atom. The Balaban J connectivity index is 3.08. The standard InChI is InChI=1S/C6H3ClI/c7-5-2-1-3-6(8)4-5/h1-3H. The highest BCUT2D eigenvalue weighted by molar-refractivity contribution is 14.1. The first kappa shape index (κ1) is 6.36. The topological polar surface area (TPSA) is 0 Å². The molecule has 0 aromatic heterocycles. The third kappa shape index (κ3) is 1.63. The van der Waals surface area contributed by atoms with Crippen LogP contribution in [0.25, 0.3) is 0 Å². The number of rotatable bonds is 0. The van der Waals surface area contributed by atoms with Gasteiger partial charge in [-0.3, -0.25) is 0 Å². The summed E-state index contributed by atoms with van der Waals surface area (Å²) in [5, 5.41) is 0.678. The fraction of sp³-hybridized carbons (Fsp3) is 0. The second kappa shape index (κ2) is 2.69. The lowest BCUT2D eigenvalue weighted by Crippen LogP contribution is -1.67. The normalized spacial score (nSPS) is 9.25. The summed E-state index contributed by atoms with van der Waals surface area (Å²) in [4.78, 5) is 0. The maximum Gasteiger partial charge on any atom is 0.0495 e. The highest BCUT2D eigenvalue weighted by Gasteiger charge is 1.85. The molecule has 1 aromatic rings. The van der Waals surface area contributed by atoms with Gasteiger partial charge in [-0.1, -0.05) is 17.7 Å². The van der Waals surface area contributed by atoms with E-state index in [0.717, 1.165) is 3.57 Å². The van der Waals surface area contributed by atoms with Crippen molar-refractivity contribution in [3.05, 3.63) is 32.9 Å². The van der Waals surface area contributed by atoms with Crippen LogP contribution in [0.3, 0.4) is 0 Å². The van der Waals surface area contributed by atoms with E-state index in [-0.39, 0.29) is 0 Å². The molecule has 0 atom stereocenters. The highest BCUT2D eigenvalue weighted by atomic mass is 127. The molecule has 8 heavy (non-hydrogen) atoms. The van der Waals surface area contributed by atoms with E-state index in [4.69, 9.17) is 11.6 Å². The van der Waals surface area contributed by atoms with E-state index in [1.54, 1.807) is 0 Å². The summed E-state index contributed by atoms with van der Waals surface area (Å²) in [6.45, 7) is 0. The van der Waals surface area contributed by atoms with E-state index in [0.29, 0.717) is 5.02 Å². The minimum absolute atomic E-state index is 0.678. The first-order chi connectivity index (χ1) is 3.79. The molecule has 0 amide bonds. The van der Waals surface area contributed by atoms with E-state index in [1.165, 1.54) is 0 Å². The van der Waals surface area contributed by atoms with Crippen molar-refractivity contribution in [1.29, 1.82) is 0 Å². The van der Waals surface area contributed by atoms with Crippen LogP contribution in [0.15, 0.2) is 18.2 Å². The number of benzene rings is 1. The molecule has 41 valence electrons. The van der Waals surface area contributed by atoms with Crippen LogP contribution in [-0.4, -0.2) is 0 Å². The van der Waals surface area contributed by atoms with E-state index in [9.17, 15) is 0 Å². The van der Waals surface area contributed by atoms with Crippen molar-refractivity contribution in [3.63, 3.8) is 0 Å². The molecule has 0 spiro atoms. The van der Waals surface area contributed by atoms with Crippen LogP contribution < -0.4 is 0 Å². The Labute approximate surface area is 67.0 Å². The lowest BCUT2D eigenvalue weighted by atomic mass is 10.4. The van der Waals surface area contributed by atoms with Gasteiger partial charge in [0.1, 0.15) is 0 Å². The SMILES string of the molecule is Clc1[c]c(I)ccc1. The smallest absolute Gasteiger partial charge is 0.0495 e. The summed E-state index contributed by atoms with van der Waals surface area (Å²) in [7, 11) is 0. The predicted molar refractivity (Wildman–Crippen MR) is 43.0 cm³/mol. The van der Waals surface area contributed by atoms with Crippen LogP contribution in [0.2, 0.25) is 5.02 Å². The first-order valence-electron chi connectivity index (χ1n) is 2.12. The van der Waals surface area contributed by atoms with Gasteiger partial charge in [-0.15, -0.1) is 0 Å². The molecule has 2 heteroatoms. The van der Waals surface area contributed by atoms with Gasteiger partial charge in [-0.05, 0) is 34.7 Å². The molecule has 0 aliphatic carbocycles. The van der Waals surface area contributed by atoms with Crippen molar-refractivity contribution in [3.8, 4) is 0 Å². The molecule has 0 nitrogen and oxygen atoms in total. The summed E-state index contributed by atoms with van der Waals surface area (Å²) in [6, 6.07) is 8.59. The quantitative estimate of drug-likeness (QED) is 0.609. The molecule has 0 heterocycles. The van der Waals surface area contributed by atoms with E-state index >= 15 is 0 Å². The summed E-state index contributed by atoms with van der Waals surface area (Å²) >= 11 is 7.75. The van der Waals surface area contributed by atoms with Crippen molar-refractivity contribution >= 4 is 34.2 Å². The van der Waals surface area contributed by atoms with E-state index in [1.807, 2.05) is 18.2 Å². The molecule has 1 radical (unpaired) electrons. The van der Waals surface area contributed by atoms with Crippen LogP contribution >= 0.6 is 34.2 Å². The summed E-state index contributed by atoms with van der Waals surface area (Å²) in [5.74, 6) is 0. The van der Waals surface area contributed by atoms with Gasteiger partial charge in [0.15, 0.2) is 0 Å². The molecule has 0 fully saturated rings. The molecule has 0 saturated heterocycles. The zero-order valence-corrected chi connectivity index (χ0v) is 6.90. The van der Waals surface area contributed by atoms with Gasteiger partial charge in [-0.25, -0.2) is 0 Å². The average molecular weight is 237 g/mol. The number of hydrogen-bond donors (Lipinski definition) is 0. The molecule has 1 aromatic carbocycles. The second-order valence-electron chi connectivity index (χ2n) is 1.35. The van der Waals surface area contributed by atoms with Gasteiger partial charge >= 0.3 is 0 Å². The Hall–Kier alpha value is 0.240. The number of halogens is 2. The van der Waals surface area contributed by atoms with Gasteiger partial charge < -0.3 is 0 Å². The Bertz CT molecular complexity index is 168. The zero-order chi connectivity index (χ0) is 5.98. The molecule has 0 aliphatic rings. The predicted octanol–water partition coefficient (Wildman–Crippen LogP) is 2.74. The summed E-state index contributed by atoms with van der Waals surface area (Å²) in [5.41, 5.74) is 0. The molecule has 1 rings (SSSR count). The third-order valence-electron chi connectivity index (χ3n) is 0.724. The van der Waals surface area contributed by atoms with Gasteiger partial charge in [0, 0.05) is 14.7 Å². The monoisotopic (exact) mass is 237 g/mol. The first-order valence-corrected chi connectivity index (χ1v) is 3.58. The summed E-state index contributed by atoms with van der Waals surface area (Å²) in [6.07, 6.45) is 0. The van der Waals surface area contributed by atoms with Crippen LogP contribution in [0.5, 0.6) is 0 Å². The minimum atomic E-state index is 0.678. The average Bonchev–Trinajstić information content (AvgIpc) is 1.64. The molecular formula is C6H3ClI. The second-order valence-corrected chi connectivity index (χ2v) is 2.92. The minimum Gasteiger partial charge on any atom is -0.0836 e. The van der Waals surface area contributed by atoms with Crippen molar-refractivity contribution in [1.82, 2.24) is 0 Å². The maximum atomic E-state index is 5.58. The van der Waals surface area contributed by atoms with Crippen molar-refractivity contribution < 1.29 is 0 Å². The molecule has 0 saturated carbocycles. The van der Waals surface area contributed by atoms with Gasteiger partial charge in [0.2, 0.25) is 0 Å². The molecule has 0 unspecified atom stereocenters. The van der Waals surface area contributed by atoms with E-state index < -0.39 is 0 Å². The van der Waals surface area contributed by atoms with Crippen LogP contribution in [0.1, 0.15) is 0 Å². The summed E-state index contributed by atoms with van der Waals surface area (Å²) < 4.78 is 1.05. The van der Waals surface area contributed by atoms with Crippen LogP contribution in [0.4, 0.5) is 0 Å². The molecule has 0 N–H and O–H groups in total. The molecule has 0 bridgehead atoms. The lowest BCUT2D eigenvalue weighted by molar-refractivity contribution is 1.63. The van der Waals surface area contributed by atoms with Gasteiger partial charge in [-0.2, -0.15) is 0 Å². The van der Waals surface area contributed by atoms with Gasteiger partial charge in [0.25, 0.3) is 0 Å². The third-order valence-corrected chi connectivity index (χ3v) is 1.57. The Morgan fingerprint density at radius 2 is 2.25 bits per heavy atom. The fourth-order valence-corrected chi connectivity index (χ4v) is 1.25. The van der Waals surface area contributed by atoms with E-state index in [2.05, 4.69) is 28.7 Å². The fourth-order valence-electron chi connectivity index (χ4n) is 0.414. The maximum absolute atomic E-state index is 5.58. The molecular weight excluding hydrogens is 234 g/mol.